The van der Waals surface area contributed by atoms with Gasteiger partial charge in [-0.25, -0.2) is 24.0 Å². The monoisotopic (exact) mass is 418 g/mol. The smallest absolute Gasteiger partial charge is 0.336 e. The van der Waals surface area contributed by atoms with Gasteiger partial charge in [0.15, 0.2) is 0 Å². The van der Waals surface area contributed by atoms with Crippen LogP contribution in [0.4, 0.5) is 0 Å². The molecule has 0 heterocycles. The molecular weight excluding hydrogens is 400 g/mol. The Hall–Kier alpha value is -4.47. The van der Waals surface area contributed by atoms with Crippen LogP contribution in [0.25, 0.3) is 0 Å². The Kier molecular flexibility index (Phi) is 10.3. The molecule has 10 heteroatoms. The van der Waals surface area contributed by atoms with Gasteiger partial charge < -0.3 is 25.5 Å². The van der Waals surface area contributed by atoms with Crippen molar-refractivity contribution in [2.75, 3.05) is 0 Å². The topological polar surface area (TPSA) is 186 Å². The van der Waals surface area contributed by atoms with Gasteiger partial charge in [-0.05, 0) is 31.2 Å². The molecule has 2 aromatic rings. The average molecular weight is 418 g/mol. The molecule has 0 amide bonds. The van der Waals surface area contributed by atoms with E-state index < -0.39 is 29.8 Å². The highest BCUT2D eigenvalue weighted by Crippen LogP contribution is 2.08. The molecule has 0 fully saturated rings. The molecule has 0 radical (unpaired) electrons. The van der Waals surface area contributed by atoms with E-state index in [-0.39, 0.29) is 27.8 Å². The summed E-state index contributed by atoms with van der Waals surface area (Å²) in [4.78, 5) is 51.5. The molecule has 0 bridgehead atoms. The van der Waals surface area contributed by atoms with E-state index in [1.54, 1.807) is 0 Å². The van der Waals surface area contributed by atoms with Gasteiger partial charge >= 0.3 is 29.8 Å². The van der Waals surface area contributed by atoms with E-state index >= 15 is 0 Å². The number of carbonyl (C=O) groups is 5. The maximum atomic E-state index is 10.5. The third kappa shape index (κ3) is 8.48. The van der Waals surface area contributed by atoms with Crippen molar-refractivity contribution in [2.24, 2.45) is 0 Å². The molecule has 158 valence electrons. The van der Waals surface area contributed by atoms with E-state index in [1.807, 2.05) is 0 Å². The zero-order valence-electron chi connectivity index (χ0n) is 15.6. The van der Waals surface area contributed by atoms with Gasteiger partial charge in [-0.1, -0.05) is 30.8 Å². The number of hydrogen-bond acceptors (Lipinski definition) is 5. The Balaban J connectivity index is 0.000000447. The highest BCUT2D eigenvalue weighted by atomic mass is 16.4. The van der Waals surface area contributed by atoms with Crippen molar-refractivity contribution in [2.45, 2.75) is 6.92 Å². The number of carboxylic acid groups (broad SMARTS) is 5. The van der Waals surface area contributed by atoms with Crippen molar-refractivity contribution in [1.82, 2.24) is 0 Å². The van der Waals surface area contributed by atoms with Gasteiger partial charge in [0.2, 0.25) is 0 Å². The summed E-state index contributed by atoms with van der Waals surface area (Å²) in [6.07, 6.45) is 0. The zero-order valence-corrected chi connectivity index (χ0v) is 15.6. The Bertz CT molecular complexity index is 830. The summed E-state index contributed by atoms with van der Waals surface area (Å²) in [7, 11) is 0. The summed E-state index contributed by atoms with van der Waals surface area (Å²) in [5.74, 6) is -5.85. The molecule has 0 spiro atoms. The SMILES string of the molecule is C=C(C)C(=O)O.O=C(O)c1ccccc1C(=O)O.O=C(O)c1ccccc1C(=O)O. The molecule has 10 nitrogen and oxygen atoms in total. The first-order valence-corrected chi connectivity index (χ1v) is 7.90. The first kappa shape index (κ1) is 25.5. The molecule has 0 aliphatic heterocycles. The third-order valence-corrected chi connectivity index (χ3v) is 3.14. The number of hydrogen-bond donors (Lipinski definition) is 5. The van der Waals surface area contributed by atoms with Gasteiger partial charge in [-0.15, -0.1) is 0 Å². The molecule has 0 unspecified atom stereocenters. The molecule has 2 aromatic carbocycles. The van der Waals surface area contributed by atoms with Crippen LogP contribution in [-0.2, 0) is 4.79 Å². The molecule has 5 N–H and O–H groups in total. The molecule has 0 aliphatic carbocycles. The van der Waals surface area contributed by atoms with Gasteiger partial charge in [0.05, 0.1) is 22.3 Å². The first-order valence-electron chi connectivity index (χ1n) is 7.90. The van der Waals surface area contributed by atoms with Crippen LogP contribution in [0, 0.1) is 0 Å². The van der Waals surface area contributed by atoms with E-state index in [9.17, 15) is 24.0 Å². The predicted molar refractivity (Wildman–Crippen MR) is 103 cm³/mol. The highest BCUT2D eigenvalue weighted by molar-refractivity contribution is 6.02. The highest BCUT2D eigenvalue weighted by Gasteiger charge is 2.14. The number of aromatic carboxylic acids is 4. The lowest BCUT2D eigenvalue weighted by Crippen LogP contribution is -2.06. The minimum atomic E-state index is -1.23. The van der Waals surface area contributed by atoms with Crippen LogP contribution in [0.1, 0.15) is 48.4 Å². The molecule has 2 rings (SSSR count). The second kappa shape index (κ2) is 12.1. The molecule has 0 saturated heterocycles. The van der Waals surface area contributed by atoms with Crippen LogP contribution < -0.4 is 0 Å². The summed E-state index contributed by atoms with van der Waals surface area (Å²) in [5, 5.41) is 42.1. The summed E-state index contributed by atoms with van der Waals surface area (Å²) in [6, 6.07) is 11.0. The van der Waals surface area contributed by atoms with E-state index in [0.717, 1.165) is 0 Å². The Morgan fingerprint density at radius 1 is 0.567 bits per heavy atom. The first-order chi connectivity index (χ1) is 13.9. The van der Waals surface area contributed by atoms with Crippen LogP contribution in [0.5, 0.6) is 0 Å². The molecular formula is C20H18O10. The largest absolute Gasteiger partial charge is 0.478 e. The number of carboxylic acids is 5. The summed E-state index contributed by atoms with van der Waals surface area (Å²) in [6.45, 7) is 4.60. The lowest BCUT2D eigenvalue weighted by molar-refractivity contribution is -0.132. The molecule has 30 heavy (non-hydrogen) atoms. The van der Waals surface area contributed by atoms with Crippen molar-refractivity contribution in [1.29, 1.82) is 0 Å². The quantitative estimate of drug-likeness (QED) is 0.452. The van der Waals surface area contributed by atoms with E-state index in [2.05, 4.69) is 6.58 Å². The second-order valence-corrected chi connectivity index (χ2v) is 5.40. The van der Waals surface area contributed by atoms with E-state index in [0.29, 0.717) is 0 Å². The summed E-state index contributed by atoms with van der Waals surface area (Å²) >= 11 is 0. The fourth-order valence-corrected chi connectivity index (χ4v) is 1.71. The molecule has 0 saturated carbocycles. The van der Waals surface area contributed by atoms with E-state index in [4.69, 9.17) is 25.5 Å². The van der Waals surface area contributed by atoms with Crippen molar-refractivity contribution in [3.8, 4) is 0 Å². The predicted octanol–water partition coefficient (Wildman–Crippen LogP) is 2.81. The maximum Gasteiger partial charge on any atom is 0.336 e. The van der Waals surface area contributed by atoms with Gasteiger partial charge in [0, 0.05) is 5.57 Å². The van der Waals surface area contributed by atoms with Crippen LogP contribution in [0.2, 0.25) is 0 Å². The minimum Gasteiger partial charge on any atom is -0.478 e. The fourth-order valence-electron chi connectivity index (χ4n) is 1.71. The Morgan fingerprint density at radius 3 is 0.833 bits per heavy atom. The van der Waals surface area contributed by atoms with Crippen molar-refractivity contribution >= 4 is 29.8 Å². The van der Waals surface area contributed by atoms with Crippen LogP contribution in [0.15, 0.2) is 60.7 Å². The van der Waals surface area contributed by atoms with Crippen LogP contribution in [-0.4, -0.2) is 55.4 Å². The van der Waals surface area contributed by atoms with Crippen molar-refractivity contribution < 1.29 is 49.5 Å². The van der Waals surface area contributed by atoms with Gasteiger partial charge in [0.25, 0.3) is 0 Å². The minimum absolute atomic E-state index is 0.176. The van der Waals surface area contributed by atoms with E-state index in [1.165, 1.54) is 55.5 Å². The lowest BCUT2D eigenvalue weighted by Gasteiger charge is -1.98. The Labute approximate surface area is 170 Å². The second-order valence-electron chi connectivity index (χ2n) is 5.40. The third-order valence-electron chi connectivity index (χ3n) is 3.14. The molecule has 0 aromatic heterocycles. The number of benzene rings is 2. The van der Waals surface area contributed by atoms with Crippen molar-refractivity contribution in [3.05, 3.63) is 82.9 Å². The maximum absolute atomic E-state index is 10.5. The lowest BCUT2D eigenvalue weighted by atomic mass is 10.1. The standard InChI is InChI=1S/2C8H6O4.C4H6O2/c2*9-7(10)5-3-1-2-4-6(5)8(11)12;1-3(2)4(5)6/h2*1-4H,(H,9,10)(H,11,12);1H2,2H3,(H,5,6). The van der Waals surface area contributed by atoms with Crippen LogP contribution in [0.3, 0.4) is 0 Å². The molecule has 0 atom stereocenters. The van der Waals surface area contributed by atoms with Crippen LogP contribution >= 0.6 is 0 Å². The number of aliphatic carboxylic acids is 1. The average Bonchev–Trinajstić information content (AvgIpc) is 2.68. The van der Waals surface area contributed by atoms with Gasteiger partial charge in [-0.3, -0.25) is 0 Å². The molecule has 0 aliphatic rings. The summed E-state index contributed by atoms with van der Waals surface area (Å²) in [5.41, 5.74) is -0.583. The van der Waals surface area contributed by atoms with Gasteiger partial charge in [0.1, 0.15) is 0 Å². The Morgan fingerprint density at radius 2 is 0.733 bits per heavy atom. The van der Waals surface area contributed by atoms with Crippen molar-refractivity contribution in [3.63, 3.8) is 0 Å². The number of rotatable bonds is 5. The van der Waals surface area contributed by atoms with Gasteiger partial charge in [-0.2, -0.15) is 0 Å². The zero-order chi connectivity index (χ0) is 23.4. The fraction of sp³-hybridized carbons (Fsp3) is 0.0500. The summed E-state index contributed by atoms with van der Waals surface area (Å²) < 4.78 is 0. The normalized spacial score (nSPS) is 8.97.